The molecular formula is C18H21ClN4O2S2. The molecule has 9 heteroatoms. The van der Waals surface area contributed by atoms with Gasteiger partial charge in [-0.2, -0.15) is 0 Å². The van der Waals surface area contributed by atoms with Gasteiger partial charge < -0.3 is 10.2 Å². The summed E-state index contributed by atoms with van der Waals surface area (Å²) in [6, 6.07) is 3.97. The number of halogens is 1. The first-order valence-electron chi connectivity index (χ1n) is 8.60. The van der Waals surface area contributed by atoms with Gasteiger partial charge in [-0.15, -0.1) is 35.1 Å². The Bertz CT molecular complexity index is 983. The van der Waals surface area contributed by atoms with Crippen LogP contribution in [-0.4, -0.2) is 47.0 Å². The van der Waals surface area contributed by atoms with Gasteiger partial charge in [0, 0.05) is 28.9 Å². The number of carbonyl (C=O) groups excluding carboxylic acids is 1. The van der Waals surface area contributed by atoms with Crippen molar-refractivity contribution in [3.05, 3.63) is 39.6 Å². The smallest absolute Gasteiger partial charge is 0.263 e. The van der Waals surface area contributed by atoms with E-state index in [-0.39, 0.29) is 30.4 Å². The molecule has 4 heterocycles. The molecule has 3 aromatic heterocycles. The minimum Gasteiger partial charge on any atom is -0.341 e. The van der Waals surface area contributed by atoms with Crippen molar-refractivity contribution in [1.29, 1.82) is 0 Å². The maximum atomic E-state index is 13.0. The molecule has 27 heavy (non-hydrogen) atoms. The van der Waals surface area contributed by atoms with Crippen LogP contribution in [0.4, 0.5) is 0 Å². The number of hydrogen-bond donors (Lipinski definition) is 1. The van der Waals surface area contributed by atoms with Crippen LogP contribution < -0.4 is 10.9 Å². The third-order valence-electron chi connectivity index (χ3n) is 4.78. The van der Waals surface area contributed by atoms with Crippen LogP contribution in [0.2, 0.25) is 0 Å². The Morgan fingerprint density at radius 2 is 2.26 bits per heavy atom. The molecule has 1 unspecified atom stereocenters. The van der Waals surface area contributed by atoms with Gasteiger partial charge in [-0.25, -0.2) is 4.98 Å². The largest absolute Gasteiger partial charge is 0.341 e. The molecule has 1 aliphatic rings. The van der Waals surface area contributed by atoms with E-state index in [0.717, 1.165) is 41.3 Å². The number of aromatic nitrogens is 2. The lowest BCUT2D eigenvalue weighted by Gasteiger charge is -2.17. The first-order chi connectivity index (χ1) is 12.7. The summed E-state index contributed by atoms with van der Waals surface area (Å²) in [7, 11) is 1.93. The zero-order valence-corrected chi connectivity index (χ0v) is 17.3. The van der Waals surface area contributed by atoms with Crippen LogP contribution >= 0.6 is 35.1 Å². The average Bonchev–Trinajstić information content (AvgIpc) is 3.37. The van der Waals surface area contributed by atoms with E-state index in [1.54, 1.807) is 11.3 Å². The predicted octanol–water partition coefficient (Wildman–Crippen LogP) is 2.68. The van der Waals surface area contributed by atoms with Gasteiger partial charge in [0.15, 0.2) is 0 Å². The SMILES string of the molecule is CNCC1CCN(C(=O)Cn2cnc3scc(-c4cccs4)c3c2=O)C1.Cl. The fourth-order valence-corrected chi connectivity index (χ4v) is 5.17. The molecular weight excluding hydrogens is 404 g/mol. The summed E-state index contributed by atoms with van der Waals surface area (Å²) in [4.78, 5) is 33.6. The van der Waals surface area contributed by atoms with Gasteiger partial charge in [-0.05, 0) is 37.4 Å². The Labute approximate surface area is 171 Å². The van der Waals surface area contributed by atoms with Crippen molar-refractivity contribution in [2.75, 3.05) is 26.7 Å². The van der Waals surface area contributed by atoms with Gasteiger partial charge in [0.05, 0.1) is 11.7 Å². The Kier molecular flexibility index (Phi) is 6.31. The van der Waals surface area contributed by atoms with Gasteiger partial charge >= 0.3 is 0 Å². The molecule has 6 nitrogen and oxygen atoms in total. The lowest BCUT2D eigenvalue weighted by Crippen LogP contribution is -2.35. The first kappa shape index (κ1) is 20.0. The van der Waals surface area contributed by atoms with Crippen molar-refractivity contribution in [2.45, 2.75) is 13.0 Å². The second kappa shape index (κ2) is 8.52. The lowest BCUT2D eigenvalue weighted by molar-refractivity contribution is -0.130. The van der Waals surface area contributed by atoms with E-state index < -0.39 is 0 Å². The maximum absolute atomic E-state index is 13.0. The molecule has 0 aromatic carbocycles. The van der Waals surface area contributed by atoms with Gasteiger partial charge in [0.1, 0.15) is 11.4 Å². The molecule has 0 radical (unpaired) electrons. The van der Waals surface area contributed by atoms with Crippen molar-refractivity contribution < 1.29 is 4.79 Å². The molecule has 0 bridgehead atoms. The normalized spacial score (nSPS) is 16.6. The number of rotatable bonds is 5. The van der Waals surface area contributed by atoms with Crippen molar-refractivity contribution in [2.24, 2.45) is 5.92 Å². The second-order valence-electron chi connectivity index (χ2n) is 6.54. The molecule has 0 aliphatic carbocycles. The summed E-state index contributed by atoms with van der Waals surface area (Å²) in [5, 5.41) is 7.74. The predicted molar refractivity (Wildman–Crippen MR) is 113 cm³/mol. The minimum atomic E-state index is -0.140. The van der Waals surface area contributed by atoms with Crippen LogP contribution in [0.1, 0.15) is 6.42 Å². The molecule has 1 N–H and O–H groups in total. The quantitative estimate of drug-likeness (QED) is 0.683. The zero-order valence-electron chi connectivity index (χ0n) is 14.9. The number of hydrogen-bond acceptors (Lipinski definition) is 6. The zero-order chi connectivity index (χ0) is 18.1. The number of fused-ring (bicyclic) bond motifs is 1. The van der Waals surface area contributed by atoms with Crippen LogP contribution in [-0.2, 0) is 11.3 Å². The summed E-state index contributed by atoms with van der Waals surface area (Å²) in [6.07, 6.45) is 2.50. The number of nitrogens with one attached hydrogen (secondary N) is 1. The highest BCUT2D eigenvalue weighted by atomic mass is 35.5. The fourth-order valence-electron chi connectivity index (χ4n) is 3.45. The topological polar surface area (TPSA) is 67.2 Å². The summed E-state index contributed by atoms with van der Waals surface area (Å²) in [5.74, 6) is 0.475. The summed E-state index contributed by atoms with van der Waals surface area (Å²) < 4.78 is 1.44. The van der Waals surface area contributed by atoms with E-state index in [2.05, 4.69) is 10.3 Å². The van der Waals surface area contributed by atoms with Crippen LogP contribution in [0.15, 0.2) is 34.0 Å². The van der Waals surface area contributed by atoms with E-state index in [9.17, 15) is 9.59 Å². The standard InChI is InChI=1S/C18H20N4O2S2.ClH/c1-19-7-12-4-5-21(8-12)15(23)9-22-11-20-17-16(18(22)24)13(10-26-17)14-3-2-6-25-14;/h2-3,6,10-12,19H,4-5,7-9H2,1H3;1H. The first-order valence-corrected chi connectivity index (χ1v) is 10.4. The fraction of sp³-hybridized carbons (Fsp3) is 0.389. The minimum absolute atomic E-state index is 0. The molecule has 1 amide bonds. The number of thiophene rings is 2. The van der Waals surface area contributed by atoms with Crippen molar-refractivity contribution >= 4 is 51.2 Å². The third-order valence-corrected chi connectivity index (χ3v) is 6.57. The van der Waals surface area contributed by atoms with Crippen LogP contribution in [0.5, 0.6) is 0 Å². The highest BCUT2D eigenvalue weighted by Gasteiger charge is 2.26. The Hall–Kier alpha value is -1.74. The third kappa shape index (κ3) is 3.94. The molecule has 144 valence electrons. The lowest BCUT2D eigenvalue weighted by atomic mass is 10.1. The van der Waals surface area contributed by atoms with Crippen LogP contribution in [0.3, 0.4) is 0 Å². The van der Waals surface area contributed by atoms with Crippen LogP contribution in [0, 0.1) is 5.92 Å². The number of carbonyl (C=O) groups is 1. The Balaban J connectivity index is 0.00000210. The van der Waals surface area contributed by atoms with E-state index in [4.69, 9.17) is 0 Å². The van der Waals surface area contributed by atoms with Gasteiger partial charge in [0.25, 0.3) is 5.56 Å². The number of likely N-dealkylation sites (tertiary alicyclic amines) is 1. The van der Waals surface area contributed by atoms with Crippen molar-refractivity contribution in [3.63, 3.8) is 0 Å². The molecule has 0 spiro atoms. The van der Waals surface area contributed by atoms with Gasteiger partial charge in [-0.1, -0.05) is 6.07 Å². The molecule has 1 saturated heterocycles. The highest BCUT2D eigenvalue weighted by molar-refractivity contribution is 7.18. The monoisotopic (exact) mass is 424 g/mol. The van der Waals surface area contributed by atoms with Crippen LogP contribution in [0.25, 0.3) is 20.7 Å². The van der Waals surface area contributed by atoms with Crippen molar-refractivity contribution in [3.8, 4) is 10.4 Å². The van der Waals surface area contributed by atoms with E-state index in [0.29, 0.717) is 11.3 Å². The summed E-state index contributed by atoms with van der Waals surface area (Å²) in [5.41, 5.74) is 0.772. The van der Waals surface area contributed by atoms with E-state index >= 15 is 0 Å². The molecule has 0 saturated carbocycles. The molecule has 4 rings (SSSR count). The number of nitrogens with zero attached hydrogens (tertiary/aromatic N) is 3. The van der Waals surface area contributed by atoms with E-state index in [1.807, 2.05) is 34.8 Å². The summed E-state index contributed by atoms with van der Waals surface area (Å²) >= 11 is 3.06. The molecule has 1 atom stereocenters. The number of amides is 1. The molecule has 1 aliphatic heterocycles. The van der Waals surface area contributed by atoms with Gasteiger partial charge in [0.2, 0.25) is 5.91 Å². The highest BCUT2D eigenvalue weighted by Crippen LogP contribution is 2.33. The Morgan fingerprint density at radius 1 is 1.41 bits per heavy atom. The van der Waals surface area contributed by atoms with Gasteiger partial charge in [-0.3, -0.25) is 14.2 Å². The maximum Gasteiger partial charge on any atom is 0.263 e. The summed E-state index contributed by atoms with van der Waals surface area (Å²) in [6.45, 7) is 2.47. The Morgan fingerprint density at radius 3 is 3.00 bits per heavy atom. The van der Waals surface area contributed by atoms with Crippen molar-refractivity contribution in [1.82, 2.24) is 19.8 Å². The average molecular weight is 425 g/mol. The second-order valence-corrected chi connectivity index (χ2v) is 8.34. The van der Waals surface area contributed by atoms with E-state index in [1.165, 1.54) is 22.2 Å². The molecule has 1 fully saturated rings. The molecule has 3 aromatic rings.